The van der Waals surface area contributed by atoms with Crippen LogP contribution in [0.25, 0.3) is 0 Å². The molecule has 1 amide bonds. The number of hydrogen-bond donors (Lipinski definition) is 2. The van der Waals surface area contributed by atoms with E-state index in [4.69, 9.17) is 16.3 Å². The number of hydrogen-bond acceptors (Lipinski definition) is 5. The lowest BCUT2D eigenvalue weighted by Gasteiger charge is -2.26. The van der Waals surface area contributed by atoms with Crippen LogP contribution >= 0.6 is 11.6 Å². The van der Waals surface area contributed by atoms with Gasteiger partial charge in [-0.15, -0.1) is 0 Å². The Hall–Kier alpha value is -2.15. The SMILES string of the molecule is Cc1cc(C)c(NC(=O)c2ccc(NCCN3CCOCC3)nc2)c(Cl)c1. The fourth-order valence-corrected chi connectivity index (χ4v) is 3.43. The van der Waals surface area contributed by atoms with Crippen LogP contribution in [0, 0.1) is 13.8 Å². The van der Waals surface area contributed by atoms with E-state index in [-0.39, 0.29) is 5.91 Å². The second-order valence-corrected chi connectivity index (χ2v) is 7.11. The van der Waals surface area contributed by atoms with Gasteiger partial charge in [0, 0.05) is 32.4 Å². The first-order chi connectivity index (χ1) is 13.0. The molecule has 0 unspecified atom stereocenters. The van der Waals surface area contributed by atoms with Crippen LogP contribution in [0.4, 0.5) is 11.5 Å². The highest BCUT2D eigenvalue weighted by Crippen LogP contribution is 2.27. The molecule has 7 heteroatoms. The van der Waals surface area contributed by atoms with Crippen LogP contribution in [0.3, 0.4) is 0 Å². The first-order valence-corrected chi connectivity index (χ1v) is 9.49. The highest BCUT2D eigenvalue weighted by Gasteiger charge is 2.12. The predicted octanol–water partition coefficient (Wildman–Crippen LogP) is 3.35. The Labute approximate surface area is 164 Å². The van der Waals surface area contributed by atoms with E-state index in [1.165, 1.54) is 0 Å². The highest BCUT2D eigenvalue weighted by atomic mass is 35.5. The van der Waals surface area contributed by atoms with Crippen molar-refractivity contribution in [3.63, 3.8) is 0 Å². The van der Waals surface area contributed by atoms with Crippen molar-refractivity contribution in [1.29, 1.82) is 0 Å². The van der Waals surface area contributed by atoms with Crippen molar-refractivity contribution in [1.82, 2.24) is 9.88 Å². The molecule has 6 nitrogen and oxygen atoms in total. The molecule has 0 bridgehead atoms. The molecule has 144 valence electrons. The molecular weight excluding hydrogens is 364 g/mol. The van der Waals surface area contributed by atoms with Crippen LogP contribution < -0.4 is 10.6 Å². The lowest BCUT2D eigenvalue weighted by molar-refractivity contribution is 0.0398. The third-order valence-corrected chi connectivity index (χ3v) is 4.83. The summed E-state index contributed by atoms with van der Waals surface area (Å²) < 4.78 is 5.34. The lowest BCUT2D eigenvalue weighted by Crippen LogP contribution is -2.39. The third-order valence-electron chi connectivity index (χ3n) is 4.53. The smallest absolute Gasteiger partial charge is 0.257 e. The van der Waals surface area contributed by atoms with E-state index in [1.807, 2.05) is 32.0 Å². The molecule has 1 aromatic heterocycles. The molecule has 2 heterocycles. The van der Waals surface area contributed by atoms with Crippen LogP contribution in [-0.2, 0) is 4.74 Å². The average molecular weight is 389 g/mol. The Morgan fingerprint density at radius 2 is 2.04 bits per heavy atom. The number of ether oxygens (including phenoxy) is 1. The number of pyridine rings is 1. The van der Waals surface area contributed by atoms with Crippen molar-refractivity contribution < 1.29 is 9.53 Å². The van der Waals surface area contributed by atoms with Gasteiger partial charge in [0.1, 0.15) is 5.82 Å². The van der Waals surface area contributed by atoms with Crippen LogP contribution in [0.5, 0.6) is 0 Å². The van der Waals surface area contributed by atoms with E-state index in [1.54, 1.807) is 12.3 Å². The number of halogens is 1. The molecule has 1 fully saturated rings. The number of nitrogens with one attached hydrogen (secondary N) is 2. The molecule has 2 N–H and O–H groups in total. The standard InChI is InChI=1S/C20H25ClN4O2/c1-14-11-15(2)19(17(21)12-14)24-20(26)16-3-4-18(23-13-16)22-5-6-25-7-9-27-10-8-25/h3-4,11-13H,5-10H2,1-2H3,(H,22,23)(H,24,26). The summed E-state index contributed by atoms with van der Waals surface area (Å²) in [5, 5.41) is 6.70. The van der Waals surface area contributed by atoms with Gasteiger partial charge in [0.15, 0.2) is 0 Å². The fourth-order valence-electron chi connectivity index (χ4n) is 3.06. The van der Waals surface area contributed by atoms with Crippen molar-refractivity contribution in [2.45, 2.75) is 13.8 Å². The van der Waals surface area contributed by atoms with Gasteiger partial charge in [0.2, 0.25) is 0 Å². The van der Waals surface area contributed by atoms with E-state index in [2.05, 4.69) is 20.5 Å². The van der Waals surface area contributed by atoms with Crippen LogP contribution in [-0.4, -0.2) is 55.2 Å². The fraction of sp³-hybridized carbons (Fsp3) is 0.400. The Balaban J connectivity index is 1.54. The maximum Gasteiger partial charge on any atom is 0.257 e. The van der Waals surface area contributed by atoms with Gasteiger partial charge in [-0.05, 0) is 43.2 Å². The first-order valence-electron chi connectivity index (χ1n) is 9.11. The summed E-state index contributed by atoms with van der Waals surface area (Å²) in [6.45, 7) is 9.17. The summed E-state index contributed by atoms with van der Waals surface area (Å²) in [4.78, 5) is 19.2. The Kier molecular flexibility index (Phi) is 6.66. The number of morpholine rings is 1. The van der Waals surface area contributed by atoms with Gasteiger partial charge in [-0.2, -0.15) is 0 Å². The second kappa shape index (κ2) is 9.17. The number of aryl methyl sites for hydroxylation is 2. The predicted molar refractivity (Wildman–Crippen MR) is 109 cm³/mol. The molecule has 1 saturated heterocycles. The number of rotatable bonds is 6. The van der Waals surface area contributed by atoms with Crippen molar-refractivity contribution in [3.8, 4) is 0 Å². The van der Waals surface area contributed by atoms with Crippen molar-refractivity contribution in [2.75, 3.05) is 50.0 Å². The highest BCUT2D eigenvalue weighted by molar-refractivity contribution is 6.34. The van der Waals surface area contributed by atoms with Crippen LogP contribution in [0.2, 0.25) is 5.02 Å². The summed E-state index contributed by atoms with van der Waals surface area (Å²) in [6, 6.07) is 7.40. The maximum absolute atomic E-state index is 12.5. The van der Waals surface area contributed by atoms with Crippen LogP contribution in [0.15, 0.2) is 30.5 Å². The zero-order valence-corrected chi connectivity index (χ0v) is 16.5. The number of amides is 1. The van der Waals surface area contributed by atoms with E-state index >= 15 is 0 Å². The van der Waals surface area contributed by atoms with Crippen molar-refractivity contribution in [2.24, 2.45) is 0 Å². The largest absolute Gasteiger partial charge is 0.379 e. The normalized spacial score (nSPS) is 14.8. The zero-order chi connectivity index (χ0) is 19.2. The molecule has 1 aliphatic rings. The number of carbonyl (C=O) groups excluding carboxylic acids is 1. The minimum absolute atomic E-state index is 0.226. The maximum atomic E-state index is 12.5. The summed E-state index contributed by atoms with van der Waals surface area (Å²) >= 11 is 6.26. The minimum atomic E-state index is -0.226. The molecule has 1 aliphatic heterocycles. The Morgan fingerprint density at radius 1 is 1.26 bits per heavy atom. The Morgan fingerprint density at radius 3 is 2.70 bits per heavy atom. The number of anilines is 2. The Bertz CT molecular complexity index is 766. The summed E-state index contributed by atoms with van der Waals surface area (Å²) in [7, 11) is 0. The summed E-state index contributed by atoms with van der Waals surface area (Å²) in [6.07, 6.45) is 1.57. The lowest BCUT2D eigenvalue weighted by atomic mass is 10.1. The van der Waals surface area contributed by atoms with E-state index in [0.717, 1.165) is 56.3 Å². The first kappa shape index (κ1) is 19.6. The number of aromatic nitrogens is 1. The molecule has 3 rings (SSSR count). The molecule has 0 radical (unpaired) electrons. The molecule has 0 aliphatic carbocycles. The average Bonchev–Trinajstić information content (AvgIpc) is 2.66. The van der Waals surface area contributed by atoms with E-state index < -0.39 is 0 Å². The molecule has 0 saturated carbocycles. The second-order valence-electron chi connectivity index (χ2n) is 6.71. The van der Waals surface area contributed by atoms with Gasteiger partial charge in [-0.25, -0.2) is 4.98 Å². The molecule has 0 spiro atoms. The van der Waals surface area contributed by atoms with E-state index in [0.29, 0.717) is 16.3 Å². The molecule has 27 heavy (non-hydrogen) atoms. The summed E-state index contributed by atoms with van der Waals surface area (Å²) in [5.74, 6) is 0.528. The third kappa shape index (κ3) is 5.42. The van der Waals surface area contributed by atoms with Crippen LogP contribution in [0.1, 0.15) is 21.5 Å². The topological polar surface area (TPSA) is 66.5 Å². The minimum Gasteiger partial charge on any atom is -0.379 e. The van der Waals surface area contributed by atoms with Gasteiger partial charge < -0.3 is 15.4 Å². The van der Waals surface area contributed by atoms with Gasteiger partial charge in [0.25, 0.3) is 5.91 Å². The van der Waals surface area contributed by atoms with Gasteiger partial charge in [-0.1, -0.05) is 17.7 Å². The molecule has 1 aromatic carbocycles. The molecule has 0 atom stereocenters. The molecular formula is C20H25ClN4O2. The summed E-state index contributed by atoms with van der Waals surface area (Å²) in [5.41, 5.74) is 3.12. The van der Waals surface area contributed by atoms with Crippen molar-refractivity contribution in [3.05, 3.63) is 52.2 Å². The monoisotopic (exact) mass is 388 g/mol. The quantitative estimate of drug-likeness (QED) is 0.794. The van der Waals surface area contributed by atoms with E-state index in [9.17, 15) is 4.79 Å². The van der Waals surface area contributed by atoms with Gasteiger partial charge in [0.05, 0.1) is 29.5 Å². The number of carbonyl (C=O) groups is 1. The van der Waals surface area contributed by atoms with Gasteiger partial charge >= 0.3 is 0 Å². The number of nitrogens with zero attached hydrogens (tertiary/aromatic N) is 2. The number of benzene rings is 1. The molecule has 2 aromatic rings. The zero-order valence-electron chi connectivity index (χ0n) is 15.7. The van der Waals surface area contributed by atoms with Crippen molar-refractivity contribution >= 4 is 29.0 Å². The van der Waals surface area contributed by atoms with Gasteiger partial charge in [-0.3, -0.25) is 9.69 Å².